The second-order valence-corrected chi connectivity index (χ2v) is 6.06. The van der Waals surface area contributed by atoms with Crippen molar-refractivity contribution in [2.75, 3.05) is 19.7 Å². The van der Waals surface area contributed by atoms with E-state index in [0.29, 0.717) is 38.5 Å². The van der Waals surface area contributed by atoms with Gasteiger partial charge in [0.25, 0.3) is 5.91 Å². The largest absolute Gasteiger partial charge is 0.466 e. The minimum Gasteiger partial charge on any atom is -0.466 e. The Morgan fingerprint density at radius 3 is 2.45 bits per heavy atom. The Bertz CT molecular complexity index is 531. The van der Waals surface area contributed by atoms with Gasteiger partial charge in [-0.2, -0.15) is 0 Å². The Kier molecular flexibility index (Phi) is 5.58. The second-order valence-electron chi connectivity index (χ2n) is 6.06. The maximum atomic E-state index is 12.7. The Balaban J connectivity index is 2.03. The van der Waals surface area contributed by atoms with Gasteiger partial charge in [0.2, 0.25) is 0 Å². The van der Waals surface area contributed by atoms with Crippen molar-refractivity contribution in [2.45, 2.75) is 39.5 Å². The predicted molar refractivity (Wildman–Crippen MR) is 85.8 cm³/mol. The van der Waals surface area contributed by atoms with Crippen LogP contribution in [0.25, 0.3) is 0 Å². The summed E-state index contributed by atoms with van der Waals surface area (Å²) in [4.78, 5) is 26.4. The minimum absolute atomic E-state index is 0.0654. The Labute approximate surface area is 132 Å². The molecule has 22 heavy (non-hydrogen) atoms. The molecule has 4 nitrogen and oxygen atoms in total. The quantitative estimate of drug-likeness (QED) is 0.802. The van der Waals surface area contributed by atoms with Crippen molar-refractivity contribution >= 4 is 11.9 Å². The van der Waals surface area contributed by atoms with Gasteiger partial charge in [-0.1, -0.05) is 32.0 Å². The molecule has 0 unspecified atom stereocenters. The number of ether oxygens (including phenoxy) is 1. The zero-order valence-electron chi connectivity index (χ0n) is 13.7. The third-order valence-corrected chi connectivity index (χ3v) is 4.22. The predicted octanol–water partition coefficient (Wildman–Crippen LogP) is 3.23. The molecule has 0 saturated carbocycles. The molecule has 0 aromatic heterocycles. The molecule has 0 bridgehead atoms. The highest BCUT2D eigenvalue weighted by molar-refractivity contribution is 5.96. The lowest BCUT2D eigenvalue weighted by Gasteiger charge is -2.31. The molecular formula is C18H25NO3. The fourth-order valence-corrected chi connectivity index (χ4v) is 2.94. The van der Waals surface area contributed by atoms with Gasteiger partial charge < -0.3 is 9.64 Å². The van der Waals surface area contributed by atoms with Gasteiger partial charge in [0.05, 0.1) is 12.5 Å². The summed E-state index contributed by atoms with van der Waals surface area (Å²) in [6.45, 7) is 7.67. The summed E-state index contributed by atoms with van der Waals surface area (Å²) < 4.78 is 5.07. The summed E-state index contributed by atoms with van der Waals surface area (Å²) >= 11 is 0. The SMILES string of the molecule is CCOC(=O)C1CCN(C(=O)c2ccccc2C(C)C)CC1. The number of hydrogen-bond acceptors (Lipinski definition) is 3. The van der Waals surface area contributed by atoms with Crippen molar-refractivity contribution in [2.24, 2.45) is 5.92 Å². The number of hydrogen-bond donors (Lipinski definition) is 0. The number of carbonyl (C=O) groups excluding carboxylic acids is 2. The lowest BCUT2D eigenvalue weighted by Crippen LogP contribution is -2.41. The van der Waals surface area contributed by atoms with Crippen LogP contribution in [-0.4, -0.2) is 36.5 Å². The standard InChI is InChI=1S/C18H25NO3/c1-4-22-18(21)14-9-11-19(12-10-14)17(20)16-8-6-5-7-15(16)13(2)3/h5-8,13-14H,4,9-12H2,1-3H3. The van der Waals surface area contributed by atoms with Gasteiger partial charge in [-0.15, -0.1) is 0 Å². The monoisotopic (exact) mass is 303 g/mol. The van der Waals surface area contributed by atoms with Crippen molar-refractivity contribution in [1.82, 2.24) is 4.90 Å². The lowest BCUT2D eigenvalue weighted by atomic mass is 9.93. The van der Waals surface area contributed by atoms with E-state index < -0.39 is 0 Å². The second kappa shape index (κ2) is 7.43. The minimum atomic E-state index is -0.128. The van der Waals surface area contributed by atoms with Crippen LogP contribution < -0.4 is 0 Å². The first-order valence-corrected chi connectivity index (χ1v) is 8.09. The molecule has 1 aliphatic heterocycles. The van der Waals surface area contributed by atoms with E-state index in [1.54, 1.807) is 0 Å². The van der Waals surface area contributed by atoms with Gasteiger partial charge in [-0.3, -0.25) is 9.59 Å². The number of amides is 1. The van der Waals surface area contributed by atoms with E-state index in [2.05, 4.69) is 13.8 Å². The molecule has 0 N–H and O–H groups in total. The van der Waals surface area contributed by atoms with Crippen LogP contribution in [0.15, 0.2) is 24.3 Å². The summed E-state index contributed by atoms with van der Waals surface area (Å²) in [6.07, 6.45) is 1.38. The molecule has 1 aromatic carbocycles. The van der Waals surface area contributed by atoms with Crippen LogP contribution in [0, 0.1) is 5.92 Å². The summed E-state index contributed by atoms with van der Waals surface area (Å²) in [5, 5.41) is 0. The fourth-order valence-electron chi connectivity index (χ4n) is 2.94. The number of carbonyl (C=O) groups is 2. The Morgan fingerprint density at radius 2 is 1.86 bits per heavy atom. The van der Waals surface area contributed by atoms with Crippen molar-refractivity contribution in [3.63, 3.8) is 0 Å². The highest BCUT2D eigenvalue weighted by Crippen LogP contribution is 2.24. The summed E-state index contributed by atoms with van der Waals surface area (Å²) in [5.74, 6) is 0.199. The fraction of sp³-hybridized carbons (Fsp3) is 0.556. The van der Waals surface area contributed by atoms with E-state index in [1.165, 1.54) is 0 Å². The van der Waals surface area contributed by atoms with Crippen LogP contribution in [0.2, 0.25) is 0 Å². The molecule has 1 saturated heterocycles. The molecule has 0 atom stereocenters. The number of piperidine rings is 1. The van der Waals surface area contributed by atoms with E-state index in [4.69, 9.17) is 4.74 Å². The normalized spacial score (nSPS) is 15.9. The molecule has 1 aromatic rings. The van der Waals surface area contributed by atoms with Crippen LogP contribution in [0.5, 0.6) is 0 Å². The van der Waals surface area contributed by atoms with E-state index in [9.17, 15) is 9.59 Å². The van der Waals surface area contributed by atoms with Gasteiger partial charge in [-0.25, -0.2) is 0 Å². The molecule has 1 heterocycles. The van der Waals surface area contributed by atoms with Gasteiger partial charge in [-0.05, 0) is 37.3 Å². The van der Waals surface area contributed by atoms with E-state index >= 15 is 0 Å². The zero-order valence-corrected chi connectivity index (χ0v) is 13.7. The number of nitrogens with zero attached hydrogens (tertiary/aromatic N) is 1. The molecule has 4 heteroatoms. The summed E-state index contributed by atoms with van der Waals surface area (Å²) in [6, 6.07) is 7.79. The third-order valence-electron chi connectivity index (χ3n) is 4.22. The lowest BCUT2D eigenvalue weighted by molar-refractivity contribution is -0.149. The molecule has 1 amide bonds. The molecule has 1 fully saturated rings. The van der Waals surface area contributed by atoms with Crippen LogP contribution in [0.4, 0.5) is 0 Å². The van der Waals surface area contributed by atoms with Crippen molar-refractivity contribution in [3.8, 4) is 0 Å². The van der Waals surface area contributed by atoms with Crippen LogP contribution in [0.3, 0.4) is 0 Å². The summed E-state index contributed by atoms with van der Waals surface area (Å²) in [5.41, 5.74) is 1.87. The van der Waals surface area contributed by atoms with Crippen molar-refractivity contribution < 1.29 is 14.3 Å². The smallest absolute Gasteiger partial charge is 0.309 e. The third kappa shape index (κ3) is 3.67. The maximum Gasteiger partial charge on any atom is 0.309 e. The molecule has 1 aliphatic rings. The highest BCUT2D eigenvalue weighted by Gasteiger charge is 2.29. The molecule has 0 aliphatic carbocycles. The molecule has 2 rings (SSSR count). The first-order valence-electron chi connectivity index (χ1n) is 8.09. The van der Waals surface area contributed by atoms with E-state index in [-0.39, 0.29) is 17.8 Å². The Hall–Kier alpha value is -1.84. The van der Waals surface area contributed by atoms with E-state index in [1.807, 2.05) is 36.1 Å². The molecule has 0 radical (unpaired) electrons. The zero-order chi connectivity index (χ0) is 16.1. The first-order chi connectivity index (χ1) is 10.5. The van der Waals surface area contributed by atoms with Crippen LogP contribution >= 0.6 is 0 Å². The topological polar surface area (TPSA) is 46.6 Å². The molecule has 120 valence electrons. The summed E-state index contributed by atoms with van der Waals surface area (Å²) in [7, 11) is 0. The van der Waals surface area contributed by atoms with Gasteiger partial charge in [0, 0.05) is 18.7 Å². The molecular weight excluding hydrogens is 278 g/mol. The number of benzene rings is 1. The molecule has 0 spiro atoms. The van der Waals surface area contributed by atoms with Crippen LogP contribution in [-0.2, 0) is 9.53 Å². The number of rotatable bonds is 4. The first kappa shape index (κ1) is 16.5. The number of esters is 1. The maximum absolute atomic E-state index is 12.7. The van der Waals surface area contributed by atoms with Crippen LogP contribution in [0.1, 0.15) is 55.5 Å². The average Bonchev–Trinajstić information content (AvgIpc) is 2.54. The average molecular weight is 303 g/mol. The number of likely N-dealkylation sites (tertiary alicyclic amines) is 1. The van der Waals surface area contributed by atoms with E-state index in [0.717, 1.165) is 11.1 Å². The van der Waals surface area contributed by atoms with Gasteiger partial charge in [0.15, 0.2) is 0 Å². The van der Waals surface area contributed by atoms with Gasteiger partial charge >= 0.3 is 5.97 Å². The Morgan fingerprint density at radius 1 is 1.23 bits per heavy atom. The van der Waals surface area contributed by atoms with Crippen molar-refractivity contribution in [3.05, 3.63) is 35.4 Å². The van der Waals surface area contributed by atoms with Gasteiger partial charge in [0.1, 0.15) is 0 Å². The van der Waals surface area contributed by atoms with Crippen molar-refractivity contribution in [1.29, 1.82) is 0 Å². The highest BCUT2D eigenvalue weighted by atomic mass is 16.5.